The molecule has 0 aromatic carbocycles. The molecule has 1 aromatic rings. The van der Waals surface area contributed by atoms with Crippen molar-refractivity contribution in [3.8, 4) is 0 Å². The zero-order chi connectivity index (χ0) is 9.97. The van der Waals surface area contributed by atoms with Gasteiger partial charge in [-0.1, -0.05) is 12.2 Å². The smallest absolute Gasteiger partial charge is 0.185 e. The molecule has 76 valence electrons. The number of thiazole rings is 1. The Hall–Kier alpha value is -0.870. The van der Waals surface area contributed by atoms with Crippen molar-refractivity contribution in [1.29, 1.82) is 0 Å². The number of rotatable bonds is 2. The number of hydrogen-bond acceptors (Lipinski definition) is 4. The van der Waals surface area contributed by atoms with E-state index < -0.39 is 0 Å². The molecule has 2 N–H and O–H groups in total. The summed E-state index contributed by atoms with van der Waals surface area (Å²) >= 11 is 1.69. The van der Waals surface area contributed by atoms with Crippen molar-refractivity contribution < 1.29 is 0 Å². The molecule has 4 heteroatoms. The minimum absolute atomic E-state index is 0.539. The Kier molecular flexibility index (Phi) is 2.84. The van der Waals surface area contributed by atoms with Crippen molar-refractivity contribution in [2.24, 2.45) is 5.73 Å². The first kappa shape index (κ1) is 9.68. The number of anilines is 1. The summed E-state index contributed by atoms with van der Waals surface area (Å²) in [6.07, 6.45) is 2.19. The predicted molar refractivity (Wildman–Crippen MR) is 60.6 cm³/mol. The van der Waals surface area contributed by atoms with Crippen molar-refractivity contribution in [2.45, 2.75) is 19.4 Å². The Balaban J connectivity index is 2.04. The van der Waals surface area contributed by atoms with Crippen LogP contribution in [0.25, 0.3) is 0 Å². The molecule has 1 fully saturated rings. The third kappa shape index (κ3) is 1.96. The van der Waals surface area contributed by atoms with Gasteiger partial charge in [0.15, 0.2) is 5.13 Å². The molecule has 1 aromatic heterocycles. The van der Waals surface area contributed by atoms with E-state index in [4.69, 9.17) is 5.73 Å². The van der Waals surface area contributed by atoms with E-state index in [9.17, 15) is 0 Å². The third-order valence-corrected chi connectivity index (χ3v) is 3.44. The van der Waals surface area contributed by atoms with Crippen molar-refractivity contribution in [3.05, 3.63) is 23.2 Å². The Bertz CT molecular complexity index is 322. The number of hydrogen-bond donors (Lipinski definition) is 1. The molecule has 2 rings (SSSR count). The monoisotopic (exact) mass is 209 g/mol. The molecule has 0 unspecified atom stereocenters. The molecule has 0 radical (unpaired) electrons. The normalized spacial score (nSPS) is 17.5. The fourth-order valence-electron chi connectivity index (χ4n) is 1.55. The second-order valence-corrected chi connectivity index (χ2v) is 4.40. The van der Waals surface area contributed by atoms with Crippen LogP contribution in [0.3, 0.4) is 0 Å². The molecular formula is C10H15N3S. The largest absolute Gasteiger partial charge is 0.347 e. The third-order valence-electron chi connectivity index (χ3n) is 2.49. The van der Waals surface area contributed by atoms with Crippen LogP contribution in [0.15, 0.2) is 17.5 Å². The molecule has 0 spiro atoms. The molecule has 0 saturated carbocycles. The molecule has 0 amide bonds. The lowest BCUT2D eigenvalue weighted by Gasteiger charge is -2.27. The molecule has 0 atom stereocenters. The van der Waals surface area contributed by atoms with Crippen molar-refractivity contribution in [1.82, 2.24) is 4.98 Å². The van der Waals surface area contributed by atoms with Gasteiger partial charge in [0, 0.05) is 25.0 Å². The van der Waals surface area contributed by atoms with E-state index in [1.807, 2.05) is 5.38 Å². The van der Waals surface area contributed by atoms with Gasteiger partial charge in [0.1, 0.15) is 0 Å². The van der Waals surface area contributed by atoms with Gasteiger partial charge in [0.25, 0.3) is 0 Å². The van der Waals surface area contributed by atoms with E-state index in [0.717, 1.165) is 36.8 Å². The maximum atomic E-state index is 5.53. The van der Waals surface area contributed by atoms with Crippen LogP contribution < -0.4 is 10.6 Å². The van der Waals surface area contributed by atoms with Gasteiger partial charge in [-0.05, 0) is 12.8 Å². The van der Waals surface area contributed by atoms with Gasteiger partial charge in [-0.2, -0.15) is 0 Å². The number of piperidine rings is 1. The zero-order valence-electron chi connectivity index (χ0n) is 8.20. The first-order valence-electron chi connectivity index (χ1n) is 4.85. The average molecular weight is 209 g/mol. The van der Waals surface area contributed by atoms with E-state index in [0.29, 0.717) is 6.54 Å². The highest BCUT2D eigenvalue weighted by molar-refractivity contribution is 7.13. The molecular weight excluding hydrogens is 194 g/mol. The molecule has 3 nitrogen and oxygen atoms in total. The van der Waals surface area contributed by atoms with Gasteiger partial charge in [-0.25, -0.2) is 4.98 Å². The second-order valence-electron chi connectivity index (χ2n) is 3.56. The molecule has 0 aliphatic carbocycles. The summed E-state index contributed by atoms with van der Waals surface area (Å²) < 4.78 is 0. The van der Waals surface area contributed by atoms with Gasteiger partial charge in [0.05, 0.1) is 5.69 Å². The Labute approximate surface area is 88.3 Å². The first-order valence-corrected chi connectivity index (χ1v) is 5.73. The van der Waals surface area contributed by atoms with Crippen LogP contribution in [-0.4, -0.2) is 18.1 Å². The van der Waals surface area contributed by atoms with Crippen LogP contribution in [0.5, 0.6) is 0 Å². The first-order chi connectivity index (χ1) is 6.79. The van der Waals surface area contributed by atoms with Crippen LogP contribution in [-0.2, 0) is 6.54 Å². The SMILES string of the molecule is C=C1CCN(c2nc(CN)cs2)CC1. The molecule has 2 heterocycles. The summed E-state index contributed by atoms with van der Waals surface area (Å²) in [5, 5.41) is 3.15. The van der Waals surface area contributed by atoms with Crippen LogP contribution in [0, 0.1) is 0 Å². The number of nitrogens with two attached hydrogens (primary N) is 1. The van der Waals surface area contributed by atoms with Gasteiger partial charge >= 0.3 is 0 Å². The standard InChI is InChI=1S/C10H15N3S/c1-8-2-4-13(5-3-8)10-12-9(6-11)7-14-10/h7H,1-6,11H2. The Morgan fingerprint density at radius 1 is 1.50 bits per heavy atom. The highest BCUT2D eigenvalue weighted by Gasteiger charge is 2.15. The van der Waals surface area contributed by atoms with Gasteiger partial charge in [-0.3, -0.25) is 0 Å². The number of aromatic nitrogens is 1. The summed E-state index contributed by atoms with van der Waals surface area (Å²) in [6.45, 7) is 6.64. The minimum Gasteiger partial charge on any atom is -0.347 e. The van der Waals surface area contributed by atoms with Gasteiger partial charge < -0.3 is 10.6 Å². The maximum absolute atomic E-state index is 5.53. The quantitative estimate of drug-likeness (QED) is 0.755. The zero-order valence-corrected chi connectivity index (χ0v) is 9.02. The summed E-state index contributed by atoms with van der Waals surface area (Å²) in [4.78, 5) is 6.79. The minimum atomic E-state index is 0.539. The van der Waals surface area contributed by atoms with E-state index in [1.165, 1.54) is 5.57 Å². The Morgan fingerprint density at radius 2 is 2.21 bits per heavy atom. The van der Waals surface area contributed by atoms with Crippen LogP contribution in [0.4, 0.5) is 5.13 Å². The highest BCUT2D eigenvalue weighted by Crippen LogP contribution is 2.25. The van der Waals surface area contributed by atoms with E-state index in [-0.39, 0.29) is 0 Å². The summed E-state index contributed by atoms with van der Waals surface area (Å²) in [5.74, 6) is 0. The fourth-order valence-corrected chi connectivity index (χ4v) is 2.44. The molecule has 1 aliphatic heterocycles. The summed E-state index contributed by atoms with van der Waals surface area (Å²) in [7, 11) is 0. The van der Waals surface area contributed by atoms with Crippen molar-refractivity contribution in [2.75, 3.05) is 18.0 Å². The molecule has 14 heavy (non-hydrogen) atoms. The van der Waals surface area contributed by atoms with Crippen LogP contribution in [0.2, 0.25) is 0 Å². The van der Waals surface area contributed by atoms with Gasteiger partial charge in [0.2, 0.25) is 0 Å². The molecule has 1 aliphatic rings. The van der Waals surface area contributed by atoms with Crippen molar-refractivity contribution in [3.63, 3.8) is 0 Å². The molecule has 1 saturated heterocycles. The maximum Gasteiger partial charge on any atom is 0.185 e. The Morgan fingerprint density at radius 3 is 2.79 bits per heavy atom. The van der Waals surface area contributed by atoms with E-state index in [2.05, 4.69) is 16.5 Å². The lowest BCUT2D eigenvalue weighted by atomic mass is 10.1. The summed E-state index contributed by atoms with van der Waals surface area (Å²) in [5.41, 5.74) is 7.88. The van der Waals surface area contributed by atoms with Gasteiger partial charge in [-0.15, -0.1) is 11.3 Å². The average Bonchev–Trinajstić information content (AvgIpc) is 2.67. The van der Waals surface area contributed by atoms with Crippen LogP contribution >= 0.6 is 11.3 Å². The topological polar surface area (TPSA) is 42.2 Å². The molecule has 0 bridgehead atoms. The highest BCUT2D eigenvalue weighted by atomic mass is 32.1. The van der Waals surface area contributed by atoms with E-state index in [1.54, 1.807) is 11.3 Å². The van der Waals surface area contributed by atoms with Crippen molar-refractivity contribution >= 4 is 16.5 Å². The van der Waals surface area contributed by atoms with Crippen LogP contribution in [0.1, 0.15) is 18.5 Å². The lowest BCUT2D eigenvalue weighted by molar-refractivity contribution is 0.684. The summed E-state index contributed by atoms with van der Waals surface area (Å²) in [6, 6.07) is 0. The number of nitrogens with zero attached hydrogens (tertiary/aromatic N) is 2. The predicted octanol–water partition coefficient (Wildman–Crippen LogP) is 1.76. The second kappa shape index (κ2) is 4.11. The fraction of sp³-hybridized carbons (Fsp3) is 0.500. The lowest BCUT2D eigenvalue weighted by Crippen LogP contribution is -2.30. The van der Waals surface area contributed by atoms with E-state index >= 15 is 0 Å².